The summed E-state index contributed by atoms with van der Waals surface area (Å²) in [6, 6.07) is 20.6. The number of nitrogens with zero attached hydrogens (tertiary/aromatic N) is 1. The highest BCUT2D eigenvalue weighted by molar-refractivity contribution is 6.31. The summed E-state index contributed by atoms with van der Waals surface area (Å²) in [7, 11) is 0. The lowest BCUT2D eigenvalue weighted by atomic mass is 10.0. The maximum Gasteiger partial charge on any atom is 0.162 e. The number of carbonyl (C=O) groups is 1. The van der Waals surface area contributed by atoms with Crippen LogP contribution in [0.15, 0.2) is 72.9 Å². The predicted molar refractivity (Wildman–Crippen MR) is 132 cm³/mol. The van der Waals surface area contributed by atoms with Crippen LogP contribution in [0.25, 0.3) is 10.8 Å². The number of halogens is 1. The number of ketones is 1. The fraction of sp³-hybridized carbons (Fsp3) is 0.111. The van der Waals surface area contributed by atoms with E-state index >= 15 is 0 Å². The number of aryl methyl sites for hydroxylation is 1. The minimum Gasteiger partial charge on any atom is -0.399 e. The third kappa shape index (κ3) is 5.08. The molecule has 0 amide bonds. The minimum absolute atomic E-state index is 0.122. The van der Waals surface area contributed by atoms with Crippen LogP contribution < -0.4 is 11.5 Å². The maximum atomic E-state index is 12.5. The lowest BCUT2D eigenvalue weighted by Gasteiger charge is -2.04. The molecule has 0 fully saturated rings. The molecule has 0 unspecified atom stereocenters. The molecule has 4 aromatic rings. The Morgan fingerprint density at radius 2 is 1.69 bits per heavy atom. The molecular weight excluding hydrogens is 418 g/mol. The van der Waals surface area contributed by atoms with Crippen LogP contribution in [0.2, 0.25) is 5.02 Å². The molecule has 0 aliphatic heterocycles. The van der Waals surface area contributed by atoms with Gasteiger partial charge in [0.2, 0.25) is 0 Å². The zero-order valence-corrected chi connectivity index (χ0v) is 18.2. The number of nitrogens with two attached hydrogens (primary N) is 2. The SMILES string of the molecule is Nc1ccc(CCCC(=O)c2ccc(C#Cc3c(N)ncc4ccc(Cl)cc34)cc2)cc1. The summed E-state index contributed by atoms with van der Waals surface area (Å²) in [4.78, 5) is 16.7. The van der Waals surface area contributed by atoms with Crippen LogP contribution in [0.1, 0.15) is 39.9 Å². The average Bonchev–Trinajstić information content (AvgIpc) is 2.80. The number of carbonyl (C=O) groups excluding carboxylic acids is 1. The molecule has 0 radical (unpaired) electrons. The molecule has 0 saturated carbocycles. The van der Waals surface area contributed by atoms with Crippen molar-refractivity contribution in [1.29, 1.82) is 0 Å². The van der Waals surface area contributed by atoms with E-state index in [4.69, 9.17) is 23.1 Å². The van der Waals surface area contributed by atoms with Crippen molar-refractivity contribution in [3.63, 3.8) is 0 Å². The van der Waals surface area contributed by atoms with E-state index in [-0.39, 0.29) is 5.78 Å². The monoisotopic (exact) mass is 439 g/mol. The third-order valence-corrected chi connectivity index (χ3v) is 5.51. The minimum atomic E-state index is 0.122. The molecule has 0 saturated heterocycles. The Balaban J connectivity index is 1.44. The van der Waals surface area contributed by atoms with Crippen LogP contribution in [0, 0.1) is 11.8 Å². The number of anilines is 2. The summed E-state index contributed by atoms with van der Waals surface area (Å²) in [5, 5.41) is 2.41. The van der Waals surface area contributed by atoms with Gasteiger partial charge in [0, 0.05) is 45.2 Å². The van der Waals surface area contributed by atoms with Gasteiger partial charge in [-0.2, -0.15) is 0 Å². The largest absolute Gasteiger partial charge is 0.399 e. The first kappa shape index (κ1) is 21.4. The molecule has 0 aliphatic rings. The molecule has 5 heteroatoms. The highest BCUT2D eigenvalue weighted by Crippen LogP contribution is 2.25. The van der Waals surface area contributed by atoms with E-state index < -0.39 is 0 Å². The van der Waals surface area contributed by atoms with Gasteiger partial charge in [0.15, 0.2) is 5.78 Å². The summed E-state index contributed by atoms with van der Waals surface area (Å²) in [5.74, 6) is 6.71. The molecule has 32 heavy (non-hydrogen) atoms. The summed E-state index contributed by atoms with van der Waals surface area (Å²) < 4.78 is 0. The summed E-state index contributed by atoms with van der Waals surface area (Å²) >= 11 is 6.14. The first-order chi connectivity index (χ1) is 15.5. The zero-order valence-electron chi connectivity index (χ0n) is 17.4. The van der Waals surface area contributed by atoms with Crippen molar-refractivity contribution in [2.75, 3.05) is 11.5 Å². The van der Waals surface area contributed by atoms with E-state index in [1.807, 2.05) is 66.7 Å². The maximum absolute atomic E-state index is 12.5. The molecule has 3 aromatic carbocycles. The standard InChI is InChI=1S/C27H22ClN3O/c28-22-12-11-21-17-31-27(30)24(25(21)16-22)15-8-19-4-9-20(10-5-19)26(32)3-1-2-18-6-13-23(29)14-7-18/h4-7,9-14,16-17H,1-3,29H2,(H2,30,31). The van der Waals surface area contributed by atoms with Crippen LogP contribution >= 0.6 is 11.6 Å². The molecule has 158 valence electrons. The highest BCUT2D eigenvalue weighted by Gasteiger charge is 2.07. The molecular formula is C27H22ClN3O. The number of nitrogen functional groups attached to an aromatic ring is 2. The fourth-order valence-corrected chi connectivity index (χ4v) is 3.66. The lowest BCUT2D eigenvalue weighted by Crippen LogP contribution is -2.00. The Labute approximate surface area is 192 Å². The zero-order chi connectivity index (χ0) is 22.5. The number of rotatable bonds is 5. The van der Waals surface area contributed by atoms with E-state index in [9.17, 15) is 4.79 Å². The Hall–Kier alpha value is -3.81. The highest BCUT2D eigenvalue weighted by atomic mass is 35.5. The molecule has 1 heterocycles. The number of hydrogen-bond donors (Lipinski definition) is 2. The lowest BCUT2D eigenvalue weighted by molar-refractivity contribution is 0.0980. The molecule has 4 N–H and O–H groups in total. The average molecular weight is 440 g/mol. The third-order valence-electron chi connectivity index (χ3n) is 5.27. The summed E-state index contributed by atoms with van der Waals surface area (Å²) in [6.45, 7) is 0. The van der Waals surface area contributed by atoms with Crippen LogP contribution in [0.5, 0.6) is 0 Å². The van der Waals surface area contributed by atoms with Gasteiger partial charge in [0.25, 0.3) is 0 Å². The molecule has 0 aliphatic carbocycles. The van der Waals surface area contributed by atoms with E-state index in [0.29, 0.717) is 28.4 Å². The van der Waals surface area contributed by atoms with Gasteiger partial charge in [-0.05, 0) is 54.8 Å². The van der Waals surface area contributed by atoms with E-state index in [0.717, 1.165) is 34.9 Å². The van der Waals surface area contributed by atoms with Crippen LogP contribution in [0.4, 0.5) is 11.5 Å². The van der Waals surface area contributed by atoms with Crippen LogP contribution in [0.3, 0.4) is 0 Å². The van der Waals surface area contributed by atoms with Gasteiger partial charge in [-0.1, -0.05) is 53.8 Å². The Morgan fingerprint density at radius 3 is 2.44 bits per heavy atom. The van der Waals surface area contributed by atoms with Crippen molar-refractivity contribution >= 4 is 39.7 Å². The van der Waals surface area contributed by atoms with Crippen molar-refractivity contribution in [3.05, 3.63) is 100 Å². The number of Topliss-reactive ketones (excluding diaryl/α,β-unsaturated/α-hetero) is 1. The fourth-order valence-electron chi connectivity index (χ4n) is 3.49. The van der Waals surface area contributed by atoms with Gasteiger partial charge in [-0.3, -0.25) is 4.79 Å². The molecule has 0 atom stereocenters. The van der Waals surface area contributed by atoms with Gasteiger partial charge in [0.05, 0.1) is 5.56 Å². The number of hydrogen-bond acceptors (Lipinski definition) is 4. The van der Waals surface area contributed by atoms with Crippen LogP contribution in [-0.4, -0.2) is 10.8 Å². The summed E-state index contributed by atoms with van der Waals surface area (Å²) in [6.07, 6.45) is 3.84. The van der Waals surface area contributed by atoms with Crippen molar-refractivity contribution in [1.82, 2.24) is 4.98 Å². The van der Waals surface area contributed by atoms with Crippen molar-refractivity contribution in [2.24, 2.45) is 0 Å². The van der Waals surface area contributed by atoms with Gasteiger partial charge in [-0.25, -0.2) is 4.98 Å². The molecule has 4 rings (SSSR count). The normalized spacial score (nSPS) is 10.5. The molecule has 0 spiro atoms. The van der Waals surface area contributed by atoms with E-state index in [2.05, 4.69) is 16.8 Å². The smallest absolute Gasteiger partial charge is 0.162 e. The number of fused-ring (bicyclic) bond motifs is 1. The second kappa shape index (κ2) is 9.55. The van der Waals surface area contributed by atoms with Gasteiger partial charge < -0.3 is 11.5 Å². The first-order valence-corrected chi connectivity index (χ1v) is 10.7. The van der Waals surface area contributed by atoms with E-state index in [1.54, 1.807) is 6.20 Å². The molecule has 4 nitrogen and oxygen atoms in total. The van der Waals surface area contributed by atoms with Crippen molar-refractivity contribution in [3.8, 4) is 11.8 Å². The second-order valence-electron chi connectivity index (χ2n) is 7.60. The Kier molecular flexibility index (Phi) is 6.39. The number of aromatic nitrogens is 1. The second-order valence-corrected chi connectivity index (χ2v) is 8.03. The van der Waals surface area contributed by atoms with E-state index in [1.165, 1.54) is 5.56 Å². The van der Waals surface area contributed by atoms with Gasteiger partial charge in [0.1, 0.15) is 5.82 Å². The Morgan fingerprint density at radius 1 is 0.938 bits per heavy atom. The van der Waals surface area contributed by atoms with Gasteiger partial charge in [-0.15, -0.1) is 0 Å². The van der Waals surface area contributed by atoms with Crippen molar-refractivity contribution < 1.29 is 4.79 Å². The molecule has 1 aromatic heterocycles. The number of pyridine rings is 1. The quantitative estimate of drug-likeness (QED) is 0.239. The topological polar surface area (TPSA) is 82.0 Å². The summed E-state index contributed by atoms with van der Waals surface area (Å²) in [5.41, 5.74) is 15.8. The van der Waals surface area contributed by atoms with Crippen LogP contribution in [-0.2, 0) is 6.42 Å². The van der Waals surface area contributed by atoms with Gasteiger partial charge >= 0.3 is 0 Å². The molecule has 0 bridgehead atoms. The number of benzene rings is 3. The predicted octanol–water partition coefficient (Wildman–Crippen LogP) is 5.66. The first-order valence-electron chi connectivity index (χ1n) is 10.3. The van der Waals surface area contributed by atoms with Crippen molar-refractivity contribution in [2.45, 2.75) is 19.3 Å². The Bertz CT molecular complexity index is 1330.